The van der Waals surface area contributed by atoms with Crippen molar-refractivity contribution in [1.82, 2.24) is 0 Å². The van der Waals surface area contributed by atoms with Gasteiger partial charge in [0.15, 0.2) is 0 Å². The Labute approximate surface area is 188 Å². The molecular weight excluding hydrogens is 396 g/mol. The summed E-state index contributed by atoms with van der Waals surface area (Å²) >= 11 is 0. The molecule has 0 spiro atoms. The summed E-state index contributed by atoms with van der Waals surface area (Å²) in [7, 11) is -4.35. The Kier molecular flexibility index (Phi) is 21.5. The van der Waals surface area contributed by atoms with Gasteiger partial charge in [-0.05, 0) is 19.3 Å². The minimum atomic E-state index is -4.35. The molecule has 30 heavy (non-hydrogen) atoms. The van der Waals surface area contributed by atoms with Crippen LogP contribution in [0.2, 0.25) is 0 Å². The third kappa shape index (κ3) is 23.9. The highest BCUT2D eigenvalue weighted by atomic mass is 32.3. The largest absolute Gasteiger partial charge is 0.397 e. The van der Waals surface area contributed by atoms with Gasteiger partial charge in [-0.15, -0.1) is 0 Å². The van der Waals surface area contributed by atoms with E-state index in [0.717, 1.165) is 25.7 Å². The first kappa shape index (κ1) is 29.6. The summed E-state index contributed by atoms with van der Waals surface area (Å²) in [4.78, 5) is 0. The van der Waals surface area contributed by atoms with E-state index in [2.05, 4.69) is 30.2 Å². The van der Waals surface area contributed by atoms with Gasteiger partial charge >= 0.3 is 10.4 Å². The second-order valence-electron chi connectivity index (χ2n) is 8.78. The topological polar surface area (TPSA) is 63.6 Å². The Morgan fingerprint density at radius 3 is 1.60 bits per heavy atom. The van der Waals surface area contributed by atoms with E-state index < -0.39 is 10.4 Å². The quantitative estimate of drug-likeness (QED) is 0.0971. The maximum Gasteiger partial charge on any atom is 0.397 e. The van der Waals surface area contributed by atoms with Crippen LogP contribution in [0.15, 0.2) is 12.2 Å². The molecule has 0 saturated carbocycles. The van der Waals surface area contributed by atoms with E-state index >= 15 is 0 Å². The van der Waals surface area contributed by atoms with Gasteiger partial charge in [-0.2, -0.15) is 8.42 Å². The van der Waals surface area contributed by atoms with Crippen LogP contribution in [0.4, 0.5) is 0 Å². The predicted molar refractivity (Wildman–Crippen MR) is 129 cm³/mol. The van der Waals surface area contributed by atoms with Gasteiger partial charge in [0.05, 0.1) is 6.61 Å². The third-order valence-electron chi connectivity index (χ3n) is 5.74. The molecule has 0 aliphatic rings. The van der Waals surface area contributed by atoms with Crippen molar-refractivity contribution in [3.05, 3.63) is 12.2 Å². The highest BCUT2D eigenvalue weighted by molar-refractivity contribution is 7.80. The average molecular weight is 447 g/mol. The number of unbranched alkanes of at least 4 members (excludes halogenated alkanes) is 16. The molecule has 0 radical (unpaired) electrons. The molecule has 0 aromatic rings. The Balaban J connectivity index is 3.69. The summed E-state index contributed by atoms with van der Waals surface area (Å²) in [5.74, 6) is 0.0609. The van der Waals surface area contributed by atoms with E-state index in [4.69, 9.17) is 4.55 Å². The fourth-order valence-corrected chi connectivity index (χ4v) is 4.16. The average Bonchev–Trinajstić information content (AvgIpc) is 2.70. The third-order valence-corrected chi connectivity index (χ3v) is 6.18. The summed E-state index contributed by atoms with van der Waals surface area (Å²) < 4.78 is 35.1. The molecule has 0 aromatic heterocycles. The summed E-state index contributed by atoms with van der Waals surface area (Å²) in [5.41, 5.74) is 0. The number of hydrogen-bond acceptors (Lipinski definition) is 3. The fourth-order valence-electron chi connectivity index (χ4n) is 3.81. The molecule has 0 heterocycles. The van der Waals surface area contributed by atoms with Gasteiger partial charge in [-0.1, -0.05) is 129 Å². The maximum atomic E-state index is 10.8. The van der Waals surface area contributed by atoms with Crippen molar-refractivity contribution in [2.24, 2.45) is 5.92 Å². The van der Waals surface area contributed by atoms with Crippen molar-refractivity contribution < 1.29 is 17.2 Å². The molecule has 0 aromatic carbocycles. The molecule has 4 nitrogen and oxygen atoms in total. The molecule has 0 bridgehead atoms. The van der Waals surface area contributed by atoms with Crippen LogP contribution in [-0.4, -0.2) is 19.6 Å². The smallest absolute Gasteiger partial charge is 0.264 e. The fraction of sp³-hybridized carbons (Fsp3) is 0.920. The minimum Gasteiger partial charge on any atom is -0.264 e. The van der Waals surface area contributed by atoms with Crippen molar-refractivity contribution in [3.8, 4) is 0 Å². The molecule has 0 rings (SSSR count). The van der Waals surface area contributed by atoms with E-state index in [1.54, 1.807) is 0 Å². The summed E-state index contributed by atoms with van der Waals surface area (Å²) in [5, 5.41) is 0. The molecule has 0 amide bonds. The lowest BCUT2D eigenvalue weighted by Crippen LogP contribution is -2.12. The first-order valence-electron chi connectivity index (χ1n) is 12.8. The molecule has 0 aliphatic carbocycles. The molecule has 1 atom stereocenters. The van der Waals surface area contributed by atoms with Gasteiger partial charge in [-0.25, -0.2) is 4.18 Å². The molecule has 180 valence electrons. The van der Waals surface area contributed by atoms with Gasteiger partial charge in [0.1, 0.15) is 0 Å². The lowest BCUT2D eigenvalue weighted by Gasteiger charge is -2.11. The van der Waals surface area contributed by atoms with Gasteiger partial charge in [0.25, 0.3) is 0 Å². The van der Waals surface area contributed by atoms with E-state index in [1.165, 1.54) is 96.3 Å². The highest BCUT2D eigenvalue weighted by Crippen LogP contribution is 2.16. The van der Waals surface area contributed by atoms with Crippen molar-refractivity contribution in [2.45, 2.75) is 136 Å². The molecule has 0 aliphatic heterocycles. The van der Waals surface area contributed by atoms with Crippen LogP contribution in [-0.2, 0) is 14.6 Å². The predicted octanol–water partition coefficient (Wildman–Crippen LogP) is 8.43. The van der Waals surface area contributed by atoms with Crippen LogP contribution in [0.1, 0.15) is 136 Å². The summed E-state index contributed by atoms with van der Waals surface area (Å²) in [6.07, 6.45) is 28.5. The van der Waals surface area contributed by atoms with E-state index in [-0.39, 0.29) is 12.5 Å². The zero-order valence-electron chi connectivity index (χ0n) is 20.0. The van der Waals surface area contributed by atoms with Gasteiger partial charge in [0.2, 0.25) is 0 Å². The van der Waals surface area contributed by atoms with Crippen LogP contribution in [0, 0.1) is 5.92 Å². The van der Waals surface area contributed by atoms with Gasteiger partial charge < -0.3 is 0 Å². The Morgan fingerprint density at radius 1 is 0.700 bits per heavy atom. The standard InChI is InChI=1S/C25H50O4S/c1-3-5-7-9-10-11-12-13-14-15-16-17-18-19-21-23-25(22-20-8-6-4-2)24-29-30(26,27)28/h21,23,25H,3-20,22,24H2,1-2H3,(H,26,27,28)/b23-21+. The maximum absolute atomic E-state index is 10.8. The van der Waals surface area contributed by atoms with Crippen LogP contribution in [0.5, 0.6) is 0 Å². The monoisotopic (exact) mass is 446 g/mol. The Morgan fingerprint density at radius 2 is 1.13 bits per heavy atom. The van der Waals surface area contributed by atoms with Crippen molar-refractivity contribution in [1.29, 1.82) is 0 Å². The summed E-state index contributed by atoms with van der Waals surface area (Å²) in [6, 6.07) is 0. The summed E-state index contributed by atoms with van der Waals surface area (Å²) in [6.45, 7) is 4.49. The highest BCUT2D eigenvalue weighted by Gasteiger charge is 2.11. The first-order valence-corrected chi connectivity index (χ1v) is 14.1. The number of rotatable bonds is 23. The second kappa shape index (κ2) is 21.8. The lowest BCUT2D eigenvalue weighted by atomic mass is 10.00. The zero-order valence-corrected chi connectivity index (χ0v) is 20.8. The van der Waals surface area contributed by atoms with Gasteiger partial charge in [-0.3, -0.25) is 4.55 Å². The van der Waals surface area contributed by atoms with Gasteiger partial charge in [0, 0.05) is 5.92 Å². The van der Waals surface area contributed by atoms with Crippen LogP contribution in [0.3, 0.4) is 0 Å². The molecule has 1 unspecified atom stereocenters. The molecule has 1 N–H and O–H groups in total. The SMILES string of the molecule is CCCCCCCCCCCCCCC/C=C/C(CCCCCC)COS(=O)(=O)O. The van der Waals surface area contributed by atoms with Crippen LogP contribution >= 0.6 is 0 Å². The second-order valence-corrected chi connectivity index (χ2v) is 9.87. The lowest BCUT2D eigenvalue weighted by molar-refractivity contribution is 0.234. The van der Waals surface area contributed by atoms with Crippen molar-refractivity contribution in [3.63, 3.8) is 0 Å². The van der Waals surface area contributed by atoms with Crippen LogP contribution < -0.4 is 0 Å². The van der Waals surface area contributed by atoms with Crippen LogP contribution in [0.25, 0.3) is 0 Å². The number of allylic oxidation sites excluding steroid dienone is 1. The molecule has 0 saturated heterocycles. The normalized spacial score (nSPS) is 13.3. The molecule has 0 fully saturated rings. The minimum absolute atomic E-state index is 0.0417. The first-order chi connectivity index (χ1) is 14.5. The van der Waals surface area contributed by atoms with Crippen molar-refractivity contribution >= 4 is 10.4 Å². The molecular formula is C25H50O4S. The Hall–Kier alpha value is -0.390. The van der Waals surface area contributed by atoms with E-state index in [1.807, 2.05) is 0 Å². The zero-order chi connectivity index (χ0) is 22.3. The Bertz CT molecular complexity index is 474. The van der Waals surface area contributed by atoms with E-state index in [0.29, 0.717) is 0 Å². The number of hydrogen-bond donors (Lipinski definition) is 1. The van der Waals surface area contributed by atoms with Crippen molar-refractivity contribution in [2.75, 3.05) is 6.61 Å². The molecule has 5 heteroatoms. The van der Waals surface area contributed by atoms with E-state index in [9.17, 15) is 8.42 Å².